The average Bonchev–Trinajstić information content (AvgIpc) is 2.90. The van der Waals surface area contributed by atoms with Gasteiger partial charge in [0.25, 0.3) is 5.91 Å². The molecule has 0 unspecified atom stereocenters. The van der Waals surface area contributed by atoms with Crippen molar-refractivity contribution in [2.75, 3.05) is 6.54 Å². The number of hydrogen-bond donors (Lipinski definition) is 2. The topological polar surface area (TPSA) is 70.7 Å². The summed E-state index contributed by atoms with van der Waals surface area (Å²) in [6, 6.07) is 2.77. The first-order chi connectivity index (χ1) is 9.16. The fourth-order valence-corrected chi connectivity index (χ4v) is 1.58. The fourth-order valence-electron chi connectivity index (χ4n) is 1.58. The van der Waals surface area contributed by atoms with Crippen LogP contribution in [0.5, 0.6) is 0 Å². The van der Waals surface area contributed by atoms with E-state index in [1.54, 1.807) is 0 Å². The molecule has 0 radical (unpaired) electrons. The van der Waals surface area contributed by atoms with E-state index in [9.17, 15) is 13.6 Å². The molecule has 0 saturated carbocycles. The Labute approximate surface area is 108 Å². The number of carbonyl (C=O) groups is 1. The molecule has 0 saturated heterocycles. The van der Waals surface area contributed by atoms with Crippen molar-refractivity contribution in [2.24, 2.45) is 0 Å². The molecule has 2 N–H and O–H groups in total. The van der Waals surface area contributed by atoms with Gasteiger partial charge < -0.3 is 5.32 Å². The molecule has 100 valence electrons. The maximum atomic E-state index is 13.3. The maximum Gasteiger partial charge on any atom is 0.254 e. The SMILES string of the molecule is O=C(NCCCc1ncn[nH]1)c1cc(F)ccc1F. The van der Waals surface area contributed by atoms with Crippen LogP contribution < -0.4 is 5.32 Å². The van der Waals surface area contributed by atoms with Crippen LogP contribution >= 0.6 is 0 Å². The molecule has 19 heavy (non-hydrogen) atoms. The van der Waals surface area contributed by atoms with Crippen LogP contribution in [0.15, 0.2) is 24.5 Å². The Bertz CT molecular complexity index is 557. The van der Waals surface area contributed by atoms with Crippen molar-refractivity contribution in [3.05, 3.63) is 47.5 Å². The normalized spacial score (nSPS) is 10.4. The molecule has 7 heteroatoms. The first-order valence-electron chi connectivity index (χ1n) is 5.74. The van der Waals surface area contributed by atoms with Gasteiger partial charge in [-0.25, -0.2) is 13.8 Å². The summed E-state index contributed by atoms with van der Waals surface area (Å²) in [4.78, 5) is 15.6. The van der Waals surface area contributed by atoms with E-state index in [0.717, 1.165) is 18.2 Å². The maximum absolute atomic E-state index is 13.3. The van der Waals surface area contributed by atoms with E-state index in [2.05, 4.69) is 20.5 Å². The largest absolute Gasteiger partial charge is 0.352 e. The number of hydrogen-bond acceptors (Lipinski definition) is 3. The zero-order chi connectivity index (χ0) is 13.7. The minimum Gasteiger partial charge on any atom is -0.352 e. The molecule has 0 atom stereocenters. The molecule has 1 aromatic carbocycles. The van der Waals surface area contributed by atoms with Crippen LogP contribution in [0.4, 0.5) is 8.78 Å². The molecular weight excluding hydrogens is 254 g/mol. The van der Waals surface area contributed by atoms with Gasteiger partial charge in [0.05, 0.1) is 5.56 Å². The summed E-state index contributed by atoms with van der Waals surface area (Å²) in [7, 11) is 0. The van der Waals surface area contributed by atoms with E-state index in [0.29, 0.717) is 25.2 Å². The summed E-state index contributed by atoms with van der Waals surface area (Å²) in [5.74, 6) is -1.30. The predicted molar refractivity (Wildman–Crippen MR) is 63.4 cm³/mol. The van der Waals surface area contributed by atoms with Crippen LogP contribution in [0, 0.1) is 11.6 Å². The van der Waals surface area contributed by atoms with Gasteiger partial charge >= 0.3 is 0 Å². The monoisotopic (exact) mass is 266 g/mol. The van der Waals surface area contributed by atoms with Gasteiger partial charge in [-0.2, -0.15) is 5.10 Å². The van der Waals surface area contributed by atoms with Gasteiger partial charge in [-0.15, -0.1) is 0 Å². The van der Waals surface area contributed by atoms with Gasteiger partial charge in [0.2, 0.25) is 0 Å². The van der Waals surface area contributed by atoms with Gasteiger partial charge in [0.15, 0.2) is 0 Å². The standard InChI is InChI=1S/C12H12F2N4O/c13-8-3-4-10(14)9(6-8)12(19)15-5-1-2-11-16-7-17-18-11/h3-4,6-7H,1-2,5H2,(H,15,19)(H,16,17,18). The number of nitrogens with zero attached hydrogens (tertiary/aromatic N) is 2. The first-order valence-corrected chi connectivity index (χ1v) is 5.74. The second-order valence-electron chi connectivity index (χ2n) is 3.92. The lowest BCUT2D eigenvalue weighted by Crippen LogP contribution is -2.26. The van der Waals surface area contributed by atoms with Crippen molar-refractivity contribution in [2.45, 2.75) is 12.8 Å². The van der Waals surface area contributed by atoms with E-state index in [-0.39, 0.29) is 5.56 Å². The second kappa shape index (κ2) is 6.03. The van der Waals surface area contributed by atoms with Gasteiger partial charge in [0, 0.05) is 13.0 Å². The average molecular weight is 266 g/mol. The van der Waals surface area contributed by atoms with Gasteiger partial charge in [0.1, 0.15) is 23.8 Å². The molecule has 0 aliphatic rings. The van der Waals surface area contributed by atoms with Crippen LogP contribution in [0.3, 0.4) is 0 Å². The molecule has 0 aliphatic carbocycles. The number of amides is 1. The Morgan fingerprint density at radius 2 is 2.21 bits per heavy atom. The molecular formula is C12H12F2N4O. The minimum atomic E-state index is -0.742. The van der Waals surface area contributed by atoms with Crippen molar-refractivity contribution < 1.29 is 13.6 Å². The third-order valence-electron chi connectivity index (χ3n) is 2.51. The zero-order valence-corrected chi connectivity index (χ0v) is 9.99. The molecule has 0 bridgehead atoms. The van der Waals surface area contributed by atoms with Crippen LogP contribution in [-0.4, -0.2) is 27.6 Å². The second-order valence-corrected chi connectivity index (χ2v) is 3.92. The lowest BCUT2D eigenvalue weighted by molar-refractivity contribution is 0.0948. The summed E-state index contributed by atoms with van der Waals surface area (Å²) in [6.45, 7) is 0.343. The number of aromatic nitrogens is 3. The van der Waals surface area contributed by atoms with Gasteiger partial charge in [-0.05, 0) is 24.6 Å². The number of carbonyl (C=O) groups excluding carboxylic acids is 1. The van der Waals surface area contributed by atoms with Gasteiger partial charge in [-0.1, -0.05) is 0 Å². The molecule has 1 amide bonds. The third-order valence-corrected chi connectivity index (χ3v) is 2.51. The molecule has 0 fully saturated rings. The van der Waals surface area contributed by atoms with Crippen molar-refractivity contribution in [1.29, 1.82) is 0 Å². The first kappa shape index (κ1) is 13.1. The number of rotatable bonds is 5. The van der Waals surface area contributed by atoms with Crippen LogP contribution in [0.2, 0.25) is 0 Å². The molecule has 1 heterocycles. The van der Waals surface area contributed by atoms with Crippen LogP contribution in [0.25, 0.3) is 0 Å². The summed E-state index contributed by atoms with van der Waals surface area (Å²) in [5, 5.41) is 8.90. The molecule has 2 aromatic rings. The van der Waals surface area contributed by atoms with E-state index < -0.39 is 17.5 Å². The van der Waals surface area contributed by atoms with E-state index in [4.69, 9.17) is 0 Å². The lowest BCUT2D eigenvalue weighted by atomic mass is 10.2. The highest BCUT2D eigenvalue weighted by Crippen LogP contribution is 2.09. The van der Waals surface area contributed by atoms with Crippen molar-refractivity contribution in [1.82, 2.24) is 20.5 Å². The fraction of sp³-hybridized carbons (Fsp3) is 0.250. The van der Waals surface area contributed by atoms with Crippen LogP contribution in [0.1, 0.15) is 22.6 Å². The number of H-pyrrole nitrogens is 1. The molecule has 2 rings (SSSR count). The highest BCUT2D eigenvalue weighted by molar-refractivity contribution is 5.94. The number of aromatic amines is 1. The quantitative estimate of drug-likeness (QED) is 0.804. The Hall–Kier alpha value is -2.31. The van der Waals surface area contributed by atoms with Crippen LogP contribution in [-0.2, 0) is 6.42 Å². The number of benzene rings is 1. The summed E-state index contributed by atoms with van der Waals surface area (Å²) < 4.78 is 26.2. The molecule has 1 aromatic heterocycles. The van der Waals surface area contributed by atoms with Crippen molar-refractivity contribution in [3.63, 3.8) is 0 Å². The summed E-state index contributed by atoms with van der Waals surface area (Å²) >= 11 is 0. The smallest absolute Gasteiger partial charge is 0.254 e. The van der Waals surface area contributed by atoms with Crippen molar-refractivity contribution in [3.8, 4) is 0 Å². The third kappa shape index (κ3) is 3.57. The number of aryl methyl sites for hydroxylation is 1. The Morgan fingerprint density at radius 1 is 1.37 bits per heavy atom. The predicted octanol–water partition coefficient (Wildman–Crippen LogP) is 1.45. The Balaban J connectivity index is 1.82. The summed E-state index contributed by atoms with van der Waals surface area (Å²) in [5.41, 5.74) is -0.292. The molecule has 0 aliphatic heterocycles. The van der Waals surface area contributed by atoms with Gasteiger partial charge in [-0.3, -0.25) is 9.89 Å². The lowest BCUT2D eigenvalue weighted by Gasteiger charge is -2.05. The van der Waals surface area contributed by atoms with E-state index in [1.807, 2.05) is 0 Å². The van der Waals surface area contributed by atoms with E-state index >= 15 is 0 Å². The highest BCUT2D eigenvalue weighted by Gasteiger charge is 2.12. The number of nitrogens with one attached hydrogen (secondary N) is 2. The number of halogens is 2. The molecule has 5 nitrogen and oxygen atoms in total. The Kier molecular flexibility index (Phi) is 4.17. The van der Waals surface area contributed by atoms with E-state index in [1.165, 1.54) is 6.33 Å². The minimum absolute atomic E-state index is 0.292. The summed E-state index contributed by atoms with van der Waals surface area (Å²) in [6.07, 6.45) is 2.64. The zero-order valence-electron chi connectivity index (χ0n) is 9.99. The Morgan fingerprint density at radius 3 is 2.95 bits per heavy atom. The molecule has 0 spiro atoms. The highest BCUT2D eigenvalue weighted by atomic mass is 19.1. The van der Waals surface area contributed by atoms with Crippen molar-refractivity contribution >= 4 is 5.91 Å².